The summed E-state index contributed by atoms with van der Waals surface area (Å²) < 4.78 is 0. The van der Waals surface area contributed by atoms with Gasteiger partial charge in [0.05, 0.1) is 23.1 Å². The van der Waals surface area contributed by atoms with Crippen LogP contribution in [0.1, 0.15) is 11.6 Å². The van der Waals surface area contributed by atoms with Crippen molar-refractivity contribution < 1.29 is 0 Å². The lowest BCUT2D eigenvalue weighted by atomic mass is 10.00. The van der Waals surface area contributed by atoms with Crippen LogP contribution in [0.3, 0.4) is 0 Å². The fourth-order valence-corrected chi connectivity index (χ4v) is 2.67. The second-order valence-corrected chi connectivity index (χ2v) is 4.74. The molecule has 0 fully saturated rings. The van der Waals surface area contributed by atoms with Crippen molar-refractivity contribution in [1.29, 1.82) is 0 Å². The second-order valence-electron chi connectivity index (χ2n) is 4.74. The van der Waals surface area contributed by atoms with Crippen molar-refractivity contribution in [3.8, 4) is 0 Å². The average Bonchev–Trinajstić information content (AvgIpc) is 2.48. The van der Waals surface area contributed by atoms with Gasteiger partial charge in [-0.2, -0.15) is 0 Å². The predicted molar refractivity (Wildman–Crippen MR) is 81.7 cm³/mol. The number of nitrogens with zero attached hydrogens (tertiary/aromatic N) is 2. The van der Waals surface area contributed by atoms with Crippen LogP contribution in [0.4, 0.5) is 17.1 Å². The molecular formula is C16H17N3. The van der Waals surface area contributed by atoms with Crippen molar-refractivity contribution in [2.75, 3.05) is 23.8 Å². The Morgan fingerprint density at radius 3 is 2.74 bits per heavy atom. The number of likely N-dealkylation sites (N-methyl/N-ethyl adjacent to an activating group) is 1. The van der Waals surface area contributed by atoms with Gasteiger partial charge in [-0.15, -0.1) is 0 Å². The van der Waals surface area contributed by atoms with Gasteiger partial charge < -0.3 is 10.2 Å². The molecule has 2 aromatic carbocycles. The lowest BCUT2D eigenvalue weighted by molar-refractivity contribution is 0.685. The van der Waals surface area contributed by atoms with Crippen LogP contribution in [0, 0.1) is 0 Å². The standard InChI is InChI=1S/C16H17N3/c1-17-13-8-4-3-7-12(13)16-11-18-14-9-5-6-10-15(14)19(16)2/h3-10,16,18H,1,11H2,2H3. The summed E-state index contributed by atoms with van der Waals surface area (Å²) in [6, 6.07) is 16.8. The molecule has 19 heavy (non-hydrogen) atoms. The molecule has 0 spiro atoms. The highest BCUT2D eigenvalue weighted by molar-refractivity contribution is 5.73. The minimum Gasteiger partial charge on any atom is -0.381 e. The summed E-state index contributed by atoms with van der Waals surface area (Å²) in [5.74, 6) is 0. The van der Waals surface area contributed by atoms with Crippen LogP contribution in [0.2, 0.25) is 0 Å². The number of aliphatic imine (C=N–C) groups is 1. The number of anilines is 2. The minimum atomic E-state index is 0.275. The van der Waals surface area contributed by atoms with Crippen LogP contribution in [0.25, 0.3) is 0 Å². The highest BCUT2D eigenvalue weighted by atomic mass is 15.2. The van der Waals surface area contributed by atoms with Crippen molar-refractivity contribution in [1.82, 2.24) is 0 Å². The number of nitrogens with one attached hydrogen (secondary N) is 1. The van der Waals surface area contributed by atoms with Gasteiger partial charge in [0.2, 0.25) is 0 Å². The van der Waals surface area contributed by atoms with E-state index in [4.69, 9.17) is 0 Å². The summed E-state index contributed by atoms with van der Waals surface area (Å²) in [5.41, 5.74) is 4.57. The maximum Gasteiger partial charge on any atom is 0.0733 e. The van der Waals surface area contributed by atoms with Crippen molar-refractivity contribution in [2.24, 2.45) is 4.99 Å². The number of hydrogen-bond acceptors (Lipinski definition) is 3. The van der Waals surface area contributed by atoms with Gasteiger partial charge in [0.1, 0.15) is 0 Å². The van der Waals surface area contributed by atoms with E-state index in [1.807, 2.05) is 12.1 Å². The first-order valence-electron chi connectivity index (χ1n) is 6.42. The third-order valence-electron chi connectivity index (χ3n) is 3.70. The molecule has 3 heteroatoms. The second kappa shape index (κ2) is 4.76. The van der Waals surface area contributed by atoms with Crippen molar-refractivity contribution >= 4 is 23.8 Å². The third kappa shape index (κ3) is 1.97. The fourth-order valence-electron chi connectivity index (χ4n) is 2.67. The molecule has 1 N–H and O–H groups in total. The van der Waals surface area contributed by atoms with Gasteiger partial charge in [-0.1, -0.05) is 30.3 Å². The summed E-state index contributed by atoms with van der Waals surface area (Å²) in [6.45, 7) is 4.54. The molecule has 0 aromatic heterocycles. The molecule has 0 amide bonds. The Morgan fingerprint density at radius 1 is 1.16 bits per heavy atom. The Balaban J connectivity index is 2.02. The summed E-state index contributed by atoms with van der Waals surface area (Å²) >= 11 is 0. The molecular weight excluding hydrogens is 234 g/mol. The zero-order valence-electron chi connectivity index (χ0n) is 11.0. The monoisotopic (exact) mass is 251 g/mol. The summed E-state index contributed by atoms with van der Waals surface area (Å²) in [6.07, 6.45) is 0. The molecule has 0 bridgehead atoms. The number of fused-ring (bicyclic) bond motifs is 1. The van der Waals surface area contributed by atoms with Gasteiger partial charge in [0, 0.05) is 19.2 Å². The van der Waals surface area contributed by atoms with Gasteiger partial charge in [-0.3, -0.25) is 4.99 Å². The number of para-hydroxylation sites is 3. The third-order valence-corrected chi connectivity index (χ3v) is 3.70. The highest BCUT2D eigenvalue weighted by Crippen LogP contribution is 2.38. The zero-order chi connectivity index (χ0) is 13.2. The number of rotatable bonds is 2. The fraction of sp³-hybridized carbons (Fsp3) is 0.188. The molecule has 3 nitrogen and oxygen atoms in total. The Labute approximate surface area is 113 Å². The van der Waals surface area contributed by atoms with E-state index >= 15 is 0 Å². The summed E-state index contributed by atoms with van der Waals surface area (Å²) in [5, 5.41) is 3.49. The van der Waals surface area contributed by atoms with Crippen molar-refractivity contribution in [3.05, 3.63) is 54.1 Å². The van der Waals surface area contributed by atoms with E-state index in [9.17, 15) is 0 Å². The Bertz CT molecular complexity index is 606. The van der Waals surface area contributed by atoms with E-state index in [0.29, 0.717) is 0 Å². The quantitative estimate of drug-likeness (QED) is 0.825. The molecule has 0 radical (unpaired) electrons. The Kier molecular flexibility index (Phi) is 2.95. The maximum absolute atomic E-state index is 4.13. The zero-order valence-corrected chi connectivity index (χ0v) is 11.0. The Hall–Kier alpha value is -2.29. The van der Waals surface area contributed by atoms with Gasteiger partial charge in [-0.25, -0.2) is 0 Å². The molecule has 1 unspecified atom stereocenters. The number of hydrogen-bond donors (Lipinski definition) is 1. The van der Waals surface area contributed by atoms with E-state index in [0.717, 1.165) is 12.2 Å². The average molecular weight is 251 g/mol. The largest absolute Gasteiger partial charge is 0.381 e. The predicted octanol–water partition coefficient (Wildman–Crippen LogP) is 3.62. The van der Waals surface area contributed by atoms with Gasteiger partial charge >= 0.3 is 0 Å². The molecule has 1 aliphatic heterocycles. The van der Waals surface area contributed by atoms with Gasteiger partial charge in [0.25, 0.3) is 0 Å². The van der Waals surface area contributed by atoms with Crippen LogP contribution < -0.4 is 10.2 Å². The molecule has 0 saturated heterocycles. The van der Waals surface area contributed by atoms with E-state index in [1.165, 1.54) is 16.9 Å². The lowest BCUT2D eigenvalue weighted by Gasteiger charge is -2.37. The first-order chi connectivity index (χ1) is 9.31. The molecule has 0 saturated carbocycles. The molecule has 2 aromatic rings. The molecule has 0 aliphatic carbocycles. The molecule has 3 rings (SSSR count). The number of benzene rings is 2. The first-order valence-corrected chi connectivity index (χ1v) is 6.42. The van der Waals surface area contributed by atoms with Crippen LogP contribution in [0.15, 0.2) is 53.5 Å². The van der Waals surface area contributed by atoms with E-state index in [1.54, 1.807) is 0 Å². The maximum atomic E-state index is 4.13. The van der Waals surface area contributed by atoms with Crippen molar-refractivity contribution in [3.63, 3.8) is 0 Å². The molecule has 1 heterocycles. The normalized spacial score (nSPS) is 17.5. The van der Waals surface area contributed by atoms with Crippen LogP contribution >= 0.6 is 0 Å². The topological polar surface area (TPSA) is 27.6 Å². The molecule has 1 aliphatic rings. The minimum absolute atomic E-state index is 0.275. The summed E-state index contributed by atoms with van der Waals surface area (Å²) in [4.78, 5) is 6.43. The van der Waals surface area contributed by atoms with Crippen LogP contribution in [-0.4, -0.2) is 20.3 Å². The van der Waals surface area contributed by atoms with E-state index < -0.39 is 0 Å². The van der Waals surface area contributed by atoms with Crippen LogP contribution in [0.5, 0.6) is 0 Å². The SMILES string of the molecule is C=Nc1ccccc1C1CNc2ccccc2N1C. The van der Waals surface area contributed by atoms with E-state index in [2.05, 4.69) is 65.4 Å². The van der Waals surface area contributed by atoms with Gasteiger partial charge in [-0.05, 0) is 24.9 Å². The molecule has 1 atom stereocenters. The van der Waals surface area contributed by atoms with Crippen molar-refractivity contribution in [2.45, 2.75) is 6.04 Å². The lowest BCUT2D eigenvalue weighted by Crippen LogP contribution is -2.34. The molecule has 96 valence electrons. The van der Waals surface area contributed by atoms with Gasteiger partial charge in [0.15, 0.2) is 0 Å². The first kappa shape index (κ1) is 11.8. The highest BCUT2D eigenvalue weighted by Gasteiger charge is 2.25. The Morgan fingerprint density at radius 2 is 1.89 bits per heavy atom. The van der Waals surface area contributed by atoms with Crippen LogP contribution in [-0.2, 0) is 0 Å². The van der Waals surface area contributed by atoms with E-state index in [-0.39, 0.29) is 6.04 Å². The summed E-state index contributed by atoms with van der Waals surface area (Å²) in [7, 11) is 2.13. The smallest absolute Gasteiger partial charge is 0.0733 e.